The molecule has 0 bridgehead atoms. The van der Waals surface area contributed by atoms with E-state index < -0.39 is 34.1 Å². The summed E-state index contributed by atoms with van der Waals surface area (Å²) < 4.78 is 39.9. The van der Waals surface area contributed by atoms with E-state index in [0.717, 1.165) is 5.56 Å². The van der Waals surface area contributed by atoms with E-state index in [4.69, 9.17) is 9.47 Å². The first kappa shape index (κ1) is 25.3. The molecule has 0 aliphatic heterocycles. The Labute approximate surface area is 209 Å². The minimum atomic E-state index is -4.35. The summed E-state index contributed by atoms with van der Waals surface area (Å²) in [4.78, 5) is 37.8. The predicted octanol–water partition coefficient (Wildman–Crippen LogP) is 3.80. The molecule has 3 aromatic rings. The minimum Gasteiger partial charge on any atom is -0.465 e. The van der Waals surface area contributed by atoms with Gasteiger partial charge >= 0.3 is 11.9 Å². The van der Waals surface area contributed by atoms with Gasteiger partial charge in [0.15, 0.2) is 17.9 Å². The number of ketones is 1. The molecule has 1 aliphatic carbocycles. The van der Waals surface area contributed by atoms with Crippen molar-refractivity contribution in [3.05, 3.63) is 89.5 Å². The van der Waals surface area contributed by atoms with Gasteiger partial charge in [0.05, 0.1) is 11.5 Å². The lowest BCUT2D eigenvalue weighted by atomic mass is 10.0. The van der Waals surface area contributed by atoms with E-state index in [-0.39, 0.29) is 29.3 Å². The largest absolute Gasteiger partial charge is 0.465 e. The maximum atomic E-state index is 13.5. The van der Waals surface area contributed by atoms with Crippen LogP contribution in [0.5, 0.6) is 0 Å². The van der Waals surface area contributed by atoms with Crippen molar-refractivity contribution in [2.24, 2.45) is 0 Å². The van der Waals surface area contributed by atoms with Gasteiger partial charge in [-0.15, -0.1) is 0 Å². The van der Waals surface area contributed by atoms with Crippen molar-refractivity contribution in [3.63, 3.8) is 0 Å². The van der Waals surface area contributed by atoms with Crippen LogP contribution < -0.4 is 4.72 Å². The summed E-state index contributed by atoms with van der Waals surface area (Å²) in [5.74, 6) is -1.79. The van der Waals surface area contributed by atoms with Crippen LogP contribution in [0.4, 0.5) is 0 Å². The SMILES string of the molecule is CCOC(=O)[C@H](NS(=O)(=O)c1ccc2c(c1)C(=O)c1ccccc1-2)[C@H](OC(=O)CC)c1ccccc1. The van der Waals surface area contributed by atoms with Crippen LogP contribution >= 0.6 is 0 Å². The van der Waals surface area contributed by atoms with Crippen LogP contribution in [0.15, 0.2) is 77.7 Å². The molecule has 1 aliphatic rings. The van der Waals surface area contributed by atoms with Crippen molar-refractivity contribution in [3.8, 4) is 11.1 Å². The van der Waals surface area contributed by atoms with Crippen LogP contribution in [0.3, 0.4) is 0 Å². The topological polar surface area (TPSA) is 116 Å². The van der Waals surface area contributed by atoms with E-state index in [1.807, 2.05) is 0 Å². The normalized spacial score (nSPS) is 13.9. The van der Waals surface area contributed by atoms with Gasteiger partial charge in [-0.3, -0.25) is 14.4 Å². The quantitative estimate of drug-likeness (QED) is 0.343. The third kappa shape index (κ3) is 4.93. The Hall–Kier alpha value is -3.82. The number of esters is 2. The predicted molar refractivity (Wildman–Crippen MR) is 132 cm³/mol. The Balaban J connectivity index is 1.72. The Morgan fingerprint density at radius 2 is 1.50 bits per heavy atom. The molecular formula is C27H25NO7S. The molecule has 0 saturated carbocycles. The molecule has 186 valence electrons. The molecule has 0 spiro atoms. The molecule has 2 atom stereocenters. The lowest BCUT2D eigenvalue weighted by Gasteiger charge is -2.26. The number of hydrogen-bond donors (Lipinski definition) is 1. The minimum absolute atomic E-state index is 0.00804. The zero-order valence-corrected chi connectivity index (χ0v) is 20.6. The van der Waals surface area contributed by atoms with E-state index in [2.05, 4.69) is 4.72 Å². The van der Waals surface area contributed by atoms with E-state index in [0.29, 0.717) is 16.7 Å². The molecule has 1 N–H and O–H groups in total. The summed E-state index contributed by atoms with van der Waals surface area (Å²) in [5.41, 5.74) is 2.53. The molecule has 36 heavy (non-hydrogen) atoms. The lowest BCUT2D eigenvalue weighted by Crippen LogP contribution is -2.47. The Bertz CT molecular complexity index is 1420. The number of rotatable bonds is 9. The van der Waals surface area contributed by atoms with Crippen LogP contribution in [0.2, 0.25) is 0 Å². The molecule has 0 amide bonds. The van der Waals surface area contributed by atoms with E-state index in [1.165, 1.54) is 12.1 Å². The average Bonchev–Trinajstić information content (AvgIpc) is 3.18. The van der Waals surface area contributed by atoms with Crippen LogP contribution in [-0.4, -0.2) is 38.8 Å². The molecule has 0 unspecified atom stereocenters. The Kier molecular flexibility index (Phi) is 7.32. The zero-order chi connectivity index (χ0) is 25.9. The lowest BCUT2D eigenvalue weighted by molar-refractivity contribution is -0.158. The first-order chi connectivity index (χ1) is 17.3. The maximum absolute atomic E-state index is 13.5. The summed E-state index contributed by atoms with van der Waals surface area (Å²) in [7, 11) is -4.35. The number of carbonyl (C=O) groups excluding carboxylic acids is 3. The smallest absolute Gasteiger partial charge is 0.328 e. The number of sulfonamides is 1. The molecule has 0 radical (unpaired) electrons. The van der Waals surface area contributed by atoms with Crippen LogP contribution in [0.1, 0.15) is 47.9 Å². The van der Waals surface area contributed by atoms with Crippen molar-refractivity contribution in [2.75, 3.05) is 6.61 Å². The van der Waals surface area contributed by atoms with Gasteiger partial charge in [-0.25, -0.2) is 8.42 Å². The van der Waals surface area contributed by atoms with Crippen LogP contribution in [0.25, 0.3) is 11.1 Å². The van der Waals surface area contributed by atoms with Gasteiger partial charge in [0.2, 0.25) is 10.0 Å². The second kappa shape index (κ2) is 10.4. The van der Waals surface area contributed by atoms with Crippen molar-refractivity contribution in [1.82, 2.24) is 4.72 Å². The number of benzene rings is 3. The standard InChI is InChI=1S/C27H25NO7S/c1-3-23(29)35-26(17-10-6-5-7-11-17)24(27(31)34-4-2)28-36(32,33)18-14-15-20-19-12-8-9-13-21(19)25(30)22(20)16-18/h5-16,24,26,28H,3-4H2,1-2H3/t24-,26-/m1/s1. The van der Waals surface area contributed by atoms with Crippen molar-refractivity contribution in [2.45, 2.75) is 37.3 Å². The fourth-order valence-corrected chi connectivity index (χ4v) is 5.28. The second-order valence-corrected chi connectivity index (χ2v) is 9.82. The molecule has 0 aromatic heterocycles. The summed E-state index contributed by atoms with van der Waals surface area (Å²) in [6.07, 6.45) is -1.24. The van der Waals surface area contributed by atoms with Crippen LogP contribution in [-0.2, 0) is 29.1 Å². The molecule has 4 rings (SSSR count). The van der Waals surface area contributed by atoms with Crippen molar-refractivity contribution in [1.29, 1.82) is 0 Å². The first-order valence-electron chi connectivity index (χ1n) is 11.5. The van der Waals surface area contributed by atoms with Gasteiger partial charge in [0.1, 0.15) is 0 Å². The number of hydrogen-bond acceptors (Lipinski definition) is 7. The van der Waals surface area contributed by atoms with Crippen molar-refractivity contribution >= 4 is 27.7 Å². The highest BCUT2D eigenvalue weighted by Crippen LogP contribution is 2.37. The fraction of sp³-hybridized carbons (Fsp3) is 0.222. The van der Waals surface area contributed by atoms with Gasteiger partial charge in [0, 0.05) is 17.5 Å². The van der Waals surface area contributed by atoms with Crippen molar-refractivity contribution < 1.29 is 32.3 Å². The molecule has 0 fully saturated rings. The molecule has 9 heteroatoms. The Morgan fingerprint density at radius 1 is 0.861 bits per heavy atom. The zero-order valence-electron chi connectivity index (χ0n) is 19.8. The highest BCUT2D eigenvalue weighted by molar-refractivity contribution is 7.89. The number of fused-ring (bicyclic) bond motifs is 3. The summed E-state index contributed by atoms with van der Waals surface area (Å²) >= 11 is 0. The third-order valence-corrected chi connectivity index (χ3v) is 7.25. The monoisotopic (exact) mass is 507 g/mol. The van der Waals surface area contributed by atoms with Gasteiger partial charge in [-0.1, -0.05) is 67.6 Å². The van der Waals surface area contributed by atoms with Gasteiger partial charge < -0.3 is 9.47 Å². The van der Waals surface area contributed by atoms with Gasteiger partial charge in [-0.05, 0) is 35.7 Å². The van der Waals surface area contributed by atoms with Gasteiger partial charge in [0.25, 0.3) is 0 Å². The summed E-state index contributed by atoms with van der Waals surface area (Å²) in [5, 5.41) is 0. The fourth-order valence-electron chi connectivity index (χ4n) is 4.07. The highest BCUT2D eigenvalue weighted by Gasteiger charge is 2.38. The third-order valence-electron chi connectivity index (χ3n) is 5.81. The van der Waals surface area contributed by atoms with Crippen LogP contribution in [0, 0.1) is 0 Å². The second-order valence-electron chi connectivity index (χ2n) is 8.11. The van der Waals surface area contributed by atoms with E-state index in [1.54, 1.807) is 74.5 Å². The number of carbonyl (C=O) groups is 3. The van der Waals surface area contributed by atoms with E-state index in [9.17, 15) is 22.8 Å². The van der Waals surface area contributed by atoms with E-state index >= 15 is 0 Å². The van der Waals surface area contributed by atoms with Gasteiger partial charge in [-0.2, -0.15) is 4.72 Å². The molecular weight excluding hydrogens is 482 g/mol. The summed E-state index contributed by atoms with van der Waals surface area (Å²) in [6.45, 7) is 3.17. The molecule has 0 saturated heterocycles. The molecule has 8 nitrogen and oxygen atoms in total. The summed E-state index contributed by atoms with van der Waals surface area (Å²) in [6, 6.07) is 18.1. The molecule has 3 aromatic carbocycles. The highest BCUT2D eigenvalue weighted by atomic mass is 32.2. The Morgan fingerprint density at radius 3 is 2.17 bits per heavy atom. The number of nitrogens with one attached hydrogen (secondary N) is 1. The number of ether oxygens (including phenoxy) is 2. The average molecular weight is 508 g/mol. The first-order valence-corrected chi connectivity index (χ1v) is 13.0. The maximum Gasteiger partial charge on any atom is 0.328 e. The molecule has 0 heterocycles.